The quantitative estimate of drug-likeness (QED) is 0.641. The molecule has 0 fully saturated rings. The van der Waals surface area contributed by atoms with Crippen molar-refractivity contribution in [3.05, 3.63) is 65.2 Å². The summed E-state index contributed by atoms with van der Waals surface area (Å²) >= 11 is 0. The van der Waals surface area contributed by atoms with Crippen LogP contribution in [0.4, 0.5) is 0 Å². The molecule has 148 valence electrons. The lowest BCUT2D eigenvalue weighted by Gasteiger charge is -2.20. The van der Waals surface area contributed by atoms with Gasteiger partial charge < -0.3 is 20.5 Å². The Hall–Kier alpha value is -2.08. The van der Waals surface area contributed by atoms with Crippen molar-refractivity contribution < 1.29 is 14.3 Å². The summed E-state index contributed by atoms with van der Waals surface area (Å²) in [4.78, 5) is 12.5. The van der Waals surface area contributed by atoms with Crippen molar-refractivity contribution in [1.29, 1.82) is 0 Å². The molecule has 0 aliphatic rings. The van der Waals surface area contributed by atoms with Gasteiger partial charge in [-0.15, -0.1) is 12.4 Å². The highest BCUT2D eigenvalue weighted by atomic mass is 35.5. The molecule has 6 heteroatoms. The molecule has 0 aliphatic heterocycles. The van der Waals surface area contributed by atoms with Crippen molar-refractivity contribution in [3.8, 4) is 5.75 Å². The second-order valence-electron chi connectivity index (χ2n) is 6.40. The largest absolute Gasteiger partial charge is 0.491 e. The van der Waals surface area contributed by atoms with E-state index in [1.54, 1.807) is 7.11 Å². The molecule has 2 aromatic rings. The molecule has 0 saturated carbocycles. The van der Waals surface area contributed by atoms with Crippen LogP contribution in [0.3, 0.4) is 0 Å². The summed E-state index contributed by atoms with van der Waals surface area (Å²) in [5.74, 6) is 0.354. The number of methoxy groups -OCH3 is 1. The number of rotatable bonds is 9. The second kappa shape index (κ2) is 11.6. The van der Waals surface area contributed by atoms with Gasteiger partial charge in [-0.2, -0.15) is 0 Å². The van der Waals surface area contributed by atoms with Gasteiger partial charge in [0.15, 0.2) is 0 Å². The normalized spacial score (nSPS) is 12.6. The Morgan fingerprint density at radius 2 is 1.85 bits per heavy atom. The van der Waals surface area contributed by atoms with Crippen LogP contribution in [0.2, 0.25) is 0 Å². The minimum atomic E-state index is -0.341. The third-order valence-corrected chi connectivity index (χ3v) is 4.36. The molecule has 3 N–H and O–H groups in total. The number of halogens is 1. The predicted molar refractivity (Wildman–Crippen MR) is 110 cm³/mol. The van der Waals surface area contributed by atoms with E-state index in [1.807, 2.05) is 62.4 Å². The smallest absolute Gasteiger partial charge is 0.225 e. The van der Waals surface area contributed by atoms with Gasteiger partial charge in [0.2, 0.25) is 5.91 Å². The highest BCUT2D eigenvalue weighted by Gasteiger charge is 2.22. The Labute approximate surface area is 167 Å². The zero-order valence-corrected chi connectivity index (χ0v) is 16.9. The van der Waals surface area contributed by atoms with Crippen LogP contribution in [0.5, 0.6) is 5.75 Å². The van der Waals surface area contributed by atoms with Crippen LogP contribution in [0.15, 0.2) is 48.5 Å². The predicted octanol–water partition coefficient (Wildman–Crippen LogP) is 3.39. The number of carbonyl (C=O) groups excluding carboxylic acids is 1. The first-order valence-corrected chi connectivity index (χ1v) is 8.82. The third-order valence-electron chi connectivity index (χ3n) is 4.36. The summed E-state index contributed by atoms with van der Waals surface area (Å²) in [5, 5.41) is 2.97. The third kappa shape index (κ3) is 6.86. The number of carbonyl (C=O) groups is 1. The fourth-order valence-corrected chi connectivity index (χ4v) is 2.65. The van der Waals surface area contributed by atoms with Crippen LogP contribution in [-0.2, 0) is 16.1 Å². The van der Waals surface area contributed by atoms with Crippen molar-refractivity contribution in [1.82, 2.24) is 5.32 Å². The molecule has 2 unspecified atom stereocenters. The Kier molecular flexibility index (Phi) is 9.86. The van der Waals surface area contributed by atoms with E-state index in [0.717, 1.165) is 22.4 Å². The molecule has 2 rings (SSSR count). The molecular weight excluding hydrogens is 364 g/mol. The van der Waals surface area contributed by atoms with Gasteiger partial charge in [-0.05, 0) is 24.1 Å². The Bertz CT molecular complexity index is 710. The van der Waals surface area contributed by atoms with E-state index in [2.05, 4.69) is 5.32 Å². The molecule has 27 heavy (non-hydrogen) atoms. The minimum Gasteiger partial charge on any atom is -0.491 e. The number of nitrogens with two attached hydrogens (primary N) is 1. The first-order valence-electron chi connectivity index (χ1n) is 8.82. The van der Waals surface area contributed by atoms with Crippen molar-refractivity contribution in [2.75, 3.05) is 20.3 Å². The standard InChI is InChI=1S/C21H28N2O3.ClH/c1-15-9-10-18(19(13-15)26-12-11-25-3)14-23-21(24)16(2)20(22)17-7-5-4-6-8-17;/h4-10,13,16,20H,11-12,14,22H2,1-3H3,(H,23,24);1H. The minimum absolute atomic E-state index is 0. The van der Waals surface area contributed by atoms with Gasteiger partial charge in [-0.25, -0.2) is 0 Å². The number of benzene rings is 2. The average Bonchev–Trinajstić information content (AvgIpc) is 2.66. The first-order chi connectivity index (χ1) is 12.5. The van der Waals surface area contributed by atoms with Gasteiger partial charge >= 0.3 is 0 Å². The van der Waals surface area contributed by atoms with Crippen LogP contribution in [0.1, 0.15) is 29.7 Å². The van der Waals surface area contributed by atoms with E-state index in [1.165, 1.54) is 0 Å². The summed E-state index contributed by atoms with van der Waals surface area (Å²) in [6.07, 6.45) is 0. The van der Waals surface area contributed by atoms with Gasteiger partial charge in [-0.3, -0.25) is 4.79 Å². The molecular formula is C21H29ClN2O3. The number of nitrogens with one attached hydrogen (secondary N) is 1. The van der Waals surface area contributed by atoms with Crippen LogP contribution in [0, 0.1) is 12.8 Å². The molecule has 0 saturated heterocycles. The lowest BCUT2D eigenvalue weighted by Crippen LogP contribution is -2.35. The van der Waals surface area contributed by atoms with Crippen molar-refractivity contribution in [2.24, 2.45) is 11.7 Å². The molecule has 2 aromatic carbocycles. The molecule has 0 heterocycles. The molecule has 2 atom stereocenters. The van der Waals surface area contributed by atoms with Crippen molar-refractivity contribution in [2.45, 2.75) is 26.4 Å². The van der Waals surface area contributed by atoms with E-state index >= 15 is 0 Å². The van der Waals surface area contributed by atoms with Crippen LogP contribution in [-0.4, -0.2) is 26.2 Å². The van der Waals surface area contributed by atoms with Gasteiger partial charge in [0.05, 0.1) is 12.5 Å². The van der Waals surface area contributed by atoms with Gasteiger partial charge in [0, 0.05) is 25.3 Å². The van der Waals surface area contributed by atoms with Gasteiger partial charge in [0.25, 0.3) is 0 Å². The fraction of sp³-hybridized carbons (Fsp3) is 0.381. The molecule has 0 aromatic heterocycles. The van der Waals surface area contributed by atoms with Crippen LogP contribution >= 0.6 is 12.4 Å². The number of hydrogen-bond acceptors (Lipinski definition) is 4. The van der Waals surface area contributed by atoms with E-state index in [4.69, 9.17) is 15.2 Å². The maximum Gasteiger partial charge on any atom is 0.225 e. The van der Waals surface area contributed by atoms with E-state index in [-0.39, 0.29) is 30.3 Å². The average molecular weight is 393 g/mol. The Balaban J connectivity index is 0.00000364. The van der Waals surface area contributed by atoms with E-state index in [0.29, 0.717) is 19.8 Å². The van der Waals surface area contributed by atoms with Crippen LogP contribution < -0.4 is 15.8 Å². The SMILES string of the molecule is COCCOc1cc(C)ccc1CNC(=O)C(C)C(N)c1ccccc1.Cl. The van der Waals surface area contributed by atoms with Crippen molar-refractivity contribution in [3.63, 3.8) is 0 Å². The molecule has 0 bridgehead atoms. The summed E-state index contributed by atoms with van der Waals surface area (Å²) in [7, 11) is 1.64. The van der Waals surface area contributed by atoms with Crippen LogP contribution in [0.25, 0.3) is 0 Å². The van der Waals surface area contributed by atoms with E-state index < -0.39 is 0 Å². The molecule has 0 spiro atoms. The zero-order chi connectivity index (χ0) is 18.9. The second-order valence-corrected chi connectivity index (χ2v) is 6.40. The topological polar surface area (TPSA) is 73.6 Å². The molecule has 5 nitrogen and oxygen atoms in total. The molecule has 0 radical (unpaired) electrons. The lowest BCUT2D eigenvalue weighted by molar-refractivity contribution is -0.125. The number of hydrogen-bond donors (Lipinski definition) is 2. The number of aryl methyl sites for hydroxylation is 1. The number of amides is 1. The Morgan fingerprint density at radius 3 is 2.52 bits per heavy atom. The lowest BCUT2D eigenvalue weighted by atomic mass is 9.94. The van der Waals surface area contributed by atoms with Gasteiger partial charge in [-0.1, -0.05) is 49.4 Å². The first kappa shape index (κ1) is 23.0. The number of ether oxygens (including phenoxy) is 2. The monoisotopic (exact) mass is 392 g/mol. The summed E-state index contributed by atoms with van der Waals surface area (Å²) in [6, 6.07) is 15.3. The molecule has 1 amide bonds. The van der Waals surface area contributed by atoms with E-state index in [9.17, 15) is 4.79 Å². The summed E-state index contributed by atoms with van der Waals surface area (Å²) < 4.78 is 10.8. The fourth-order valence-electron chi connectivity index (χ4n) is 2.65. The molecule has 0 aliphatic carbocycles. The maximum absolute atomic E-state index is 12.5. The summed E-state index contributed by atoms with van der Waals surface area (Å²) in [6.45, 7) is 5.23. The maximum atomic E-state index is 12.5. The zero-order valence-electron chi connectivity index (χ0n) is 16.1. The Morgan fingerprint density at radius 1 is 1.15 bits per heavy atom. The highest BCUT2D eigenvalue weighted by molar-refractivity contribution is 5.85. The van der Waals surface area contributed by atoms with Crippen molar-refractivity contribution >= 4 is 18.3 Å². The summed E-state index contributed by atoms with van der Waals surface area (Å²) in [5.41, 5.74) is 9.23. The highest BCUT2D eigenvalue weighted by Crippen LogP contribution is 2.22. The van der Waals surface area contributed by atoms with Gasteiger partial charge in [0.1, 0.15) is 12.4 Å².